The molecule has 7 heteroatoms. The van der Waals surface area contributed by atoms with Crippen LogP contribution in [0.5, 0.6) is 0 Å². The number of carbonyl (C=O) groups is 1. The zero-order valence-electron chi connectivity index (χ0n) is 14.3. The van der Waals surface area contributed by atoms with Crippen LogP contribution in [0.3, 0.4) is 0 Å². The molecular formula is C18H24N6O. The minimum absolute atomic E-state index is 0.250. The van der Waals surface area contributed by atoms with E-state index in [9.17, 15) is 4.79 Å². The van der Waals surface area contributed by atoms with Gasteiger partial charge in [0.1, 0.15) is 12.2 Å². The molecular weight excluding hydrogens is 316 g/mol. The van der Waals surface area contributed by atoms with E-state index in [1.54, 1.807) is 6.33 Å². The first kappa shape index (κ1) is 16.2. The highest BCUT2D eigenvalue weighted by atomic mass is 16.2. The standard InChI is InChI=1S/C18H24N6O/c25-18-10-15(12-24(18)16-4-2-1-3-5-16)11-22-6-8-23(9-7-22)13-17-19-14-20-21-17/h1-5,14-15H,6-13H2,(H,19,20,21). The van der Waals surface area contributed by atoms with Crippen LogP contribution in [-0.2, 0) is 11.3 Å². The van der Waals surface area contributed by atoms with Crippen LogP contribution in [0.4, 0.5) is 5.69 Å². The number of hydrogen-bond acceptors (Lipinski definition) is 5. The van der Waals surface area contributed by atoms with Crippen LogP contribution in [0.25, 0.3) is 0 Å². The van der Waals surface area contributed by atoms with Gasteiger partial charge in [-0.2, -0.15) is 5.10 Å². The summed E-state index contributed by atoms with van der Waals surface area (Å²) >= 11 is 0. The highest BCUT2D eigenvalue weighted by molar-refractivity contribution is 5.95. The molecule has 1 atom stereocenters. The van der Waals surface area contributed by atoms with Gasteiger partial charge >= 0.3 is 0 Å². The molecule has 2 fully saturated rings. The summed E-state index contributed by atoms with van der Waals surface area (Å²) in [6.07, 6.45) is 2.22. The Labute approximate surface area is 147 Å². The molecule has 132 valence electrons. The number of hydrogen-bond donors (Lipinski definition) is 1. The van der Waals surface area contributed by atoms with Gasteiger partial charge in [0, 0.05) is 51.4 Å². The number of amides is 1. The first-order valence-electron chi connectivity index (χ1n) is 8.92. The number of nitrogens with zero attached hydrogens (tertiary/aromatic N) is 5. The van der Waals surface area contributed by atoms with Gasteiger partial charge in [0.2, 0.25) is 5.91 Å². The second kappa shape index (κ2) is 7.33. The maximum atomic E-state index is 12.3. The summed E-state index contributed by atoms with van der Waals surface area (Å²) < 4.78 is 0. The van der Waals surface area contributed by atoms with E-state index < -0.39 is 0 Å². The quantitative estimate of drug-likeness (QED) is 0.879. The fraction of sp³-hybridized carbons (Fsp3) is 0.500. The lowest BCUT2D eigenvalue weighted by molar-refractivity contribution is -0.117. The molecule has 0 saturated carbocycles. The third-order valence-corrected chi connectivity index (χ3v) is 5.09. The van der Waals surface area contributed by atoms with Crippen molar-refractivity contribution in [2.45, 2.75) is 13.0 Å². The second-order valence-corrected chi connectivity index (χ2v) is 6.92. The number of H-pyrrole nitrogens is 1. The van der Waals surface area contributed by atoms with Crippen molar-refractivity contribution < 1.29 is 4.79 Å². The van der Waals surface area contributed by atoms with Gasteiger partial charge in [-0.3, -0.25) is 14.8 Å². The van der Waals surface area contributed by atoms with Gasteiger partial charge in [0.05, 0.1) is 6.54 Å². The molecule has 7 nitrogen and oxygen atoms in total. The van der Waals surface area contributed by atoms with Gasteiger partial charge in [-0.05, 0) is 18.1 Å². The Balaban J connectivity index is 1.26. The lowest BCUT2D eigenvalue weighted by Crippen LogP contribution is -2.47. The molecule has 0 radical (unpaired) electrons. The number of piperazine rings is 1. The molecule has 0 bridgehead atoms. The molecule has 1 N–H and O–H groups in total. The largest absolute Gasteiger partial charge is 0.312 e. The first-order chi connectivity index (χ1) is 12.3. The molecule has 1 unspecified atom stereocenters. The van der Waals surface area contributed by atoms with Gasteiger partial charge in [0.25, 0.3) is 0 Å². The van der Waals surface area contributed by atoms with E-state index in [1.165, 1.54) is 0 Å². The lowest BCUT2D eigenvalue weighted by Gasteiger charge is -2.35. The number of anilines is 1. The first-order valence-corrected chi connectivity index (χ1v) is 8.92. The van der Waals surface area contributed by atoms with Crippen LogP contribution in [-0.4, -0.2) is 70.2 Å². The van der Waals surface area contributed by atoms with Gasteiger partial charge in [0.15, 0.2) is 0 Å². The minimum atomic E-state index is 0.250. The highest BCUT2D eigenvalue weighted by Gasteiger charge is 2.32. The predicted molar refractivity (Wildman–Crippen MR) is 95.0 cm³/mol. The van der Waals surface area contributed by atoms with Crippen molar-refractivity contribution >= 4 is 11.6 Å². The second-order valence-electron chi connectivity index (χ2n) is 6.92. The summed E-state index contributed by atoms with van der Waals surface area (Å²) in [5.41, 5.74) is 1.02. The Morgan fingerprint density at radius 1 is 1.08 bits per heavy atom. The molecule has 2 aliphatic rings. The van der Waals surface area contributed by atoms with Crippen molar-refractivity contribution in [3.63, 3.8) is 0 Å². The van der Waals surface area contributed by atoms with Crippen molar-refractivity contribution in [1.82, 2.24) is 25.0 Å². The number of rotatable bonds is 5. The SMILES string of the molecule is O=C1CC(CN2CCN(Cc3ncn[nH]3)CC2)CN1c1ccccc1. The lowest BCUT2D eigenvalue weighted by atomic mass is 10.1. The Kier molecular flexibility index (Phi) is 4.76. The maximum Gasteiger partial charge on any atom is 0.227 e. The maximum absolute atomic E-state index is 12.3. The van der Waals surface area contributed by atoms with Crippen molar-refractivity contribution in [2.75, 3.05) is 44.2 Å². The molecule has 4 rings (SSSR count). The topological polar surface area (TPSA) is 68.4 Å². The van der Waals surface area contributed by atoms with Gasteiger partial charge in [-0.25, -0.2) is 4.98 Å². The van der Waals surface area contributed by atoms with Crippen LogP contribution in [0, 0.1) is 5.92 Å². The molecule has 1 aromatic heterocycles. The third kappa shape index (κ3) is 3.88. The zero-order valence-corrected chi connectivity index (χ0v) is 14.3. The smallest absolute Gasteiger partial charge is 0.227 e. The molecule has 2 saturated heterocycles. The van der Waals surface area contributed by atoms with Crippen LogP contribution < -0.4 is 4.90 Å². The summed E-state index contributed by atoms with van der Waals surface area (Å²) in [5.74, 6) is 1.60. The molecule has 1 aromatic carbocycles. The number of aromatic nitrogens is 3. The van der Waals surface area contributed by atoms with E-state index in [0.717, 1.165) is 57.3 Å². The Morgan fingerprint density at radius 3 is 2.56 bits per heavy atom. The molecule has 1 amide bonds. The molecule has 0 aliphatic carbocycles. The molecule has 0 spiro atoms. The van der Waals surface area contributed by atoms with Crippen LogP contribution in [0.1, 0.15) is 12.2 Å². The predicted octanol–water partition coefficient (Wildman–Crippen LogP) is 0.975. The summed E-state index contributed by atoms with van der Waals surface area (Å²) in [5, 5.41) is 6.82. The van der Waals surface area contributed by atoms with E-state index in [2.05, 4.69) is 25.0 Å². The van der Waals surface area contributed by atoms with Gasteiger partial charge < -0.3 is 9.80 Å². The van der Waals surface area contributed by atoms with Crippen LogP contribution in [0.2, 0.25) is 0 Å². The van der Waals surface area contributed by atoms with E-state index in [4.69, 9.17) is 0 Å². The molecule has 2 aromatic rings. The Morgan fingerprint density at radius 2 is 1.84 bits per heavy atom. The molecule has 2 aliphatic heterocycles. The van der Waals surface area contributed by atoms with E-state index in [1.807, 2.05) is 35.2 Å². The average Bonchev–Trinajstić information content (AvgIpc) is 3.27. The fourth-order valence-electron chi connectivity index (χ4n) is 3.78. The number of nitrogens with one attached hydrogen (secondary N) is 1. The van der Waals surface area contributed by atoms with Crippen molar-refractivity contribution in [3.8, 4) is 0 Å². The molecule has 3 heterocycles. The van der Waals surface area contributed by atoms with Gasteiger partial charge in [-0.15, -0.1) is 0 Å². The average molecular weight is 340 g/mol. The van der Waals surface area contributed by atoms with E-state index in [0.29, 0.717) is 12.3 Å². The van der Waals surface area contributed by atoms with Crippen molar-refractivity contribution in [2.24, 2.45) is 5.92 Å². The summed E-state index contributed by atoms with van der Waals surface area (Å²) in [6, 6.07) is 10.00. The monoisotopic (exact) mass is 340 g/mol. The normalized spacial score (nSPS) is 22.6. The number of carbonyl (C=O) groups excluding carboxylic acids is 1. The van der Waals surface area contributed by atoms with Crippen LogP contribution in [0.15, 0.2) is 36.7 Å². The van der Waals surface area contributed by atoms with E-state index in [-0.39, 0.29) is 5.91 Å². The van der Waals surface area contributed by atoms with Crippen molar-refractivity contribution in [3.05, 3.63) is 42.5 Å². The van der Waals surface area contributed by atoms with Crippen molar-refractivity contribution in [1.29, 1.82) is 0 Å². The highest BCUT2D eigenvalue weighted by Crippen LogP contribution is 2.25. The summed E-state index contributed by atoms with van der Waals surface area (Å²) in [7, 11) is 0. The summed E-state index contributed by atoms with van der Waals surface area (Å²) in [6.45, 7) is 6.83. The Hall–Kier alpha value is -2.25. The zero-order chi connectivity index (χ0) is 17.1. The van der Waals surface area contributed by atoms with Gasteiger partial charge in [-0.1, -0.05) is 18.2 Å². The number of para-hydroxylation sites is 1. The van der Waals surface area contributed by atoms with E-state index >= 15 is 0 Å². The third-order valence-electron chi connectivity index (χ3n) is 5.09. The number of benzene rings is 1. The molecule has 25 heavy (non-hydrogen) atoms. The minimum Gasteiger partial charge on any atom is -0.312 e. The number of aromatic amines is 1. The fourth-order valence-corrected chi connectivity index (χ4v) is 3.78. The summed E-state index contributed by atoms with van der Waals surface area (Å²) in [4.78, 5) is 23.4. The Bertz CT molecular complexity index is 681. The van der Waals surface area contributed by atoms with Crippen LogP contribution >= 0.6 is 0 Å².